The quantitative estimate of drug-likeness (QED) is 0.736. The number of hydrogen-bond donors (Lipinski definition) is 1. The Morgan fingerprint density at radius 2 is 1.96 bits per heavy atom. The van der Waals surface area contributed by atoms with Crippen LogP contribution in [0.15, 0.2) is 67.0 Å². The van der Waals surface area contributed by atoms with Crippen LogP contribution in [0.1, 0.15) is 18.4 Å². The molecule has 0 aliphatic heterocycles. The Hall–Kier alpha value is -2.88. The van der Waals surface area contributed by atoms with Crippen LogP contribution < -0.4 is 0 Å². The van der Waals surface area contributed by atoms with Crippen LogP contribution in [0.25, 0.3) is 16.8 Å². The van der Waals surface area contributed by atoms with Crippen LogP contribution in [-0.4, -0.2) is 20.9 Å². The number of nitrogens with zero attached hydrogens (tertiary/aromatic N) is 2. The van der Waals surface area contributed by atoms with Gasteiger partial charge in [0.2, 0.25) is 0 Å². The first-order chi connectivity index (χ1) is 12.2. The summed E-state index contributed by atoms with van der Waals surface area (Å²) < 4.78 is 1.85. The Bertz CT molecular complexity index is 869. The minimum Gasteiger partial charge on any atom is -0.481 e. The van der Waals surface area contributed by atoms with Gasteiger partial charge in [0.1, 0.15) is 0 Å². The standard InChI is InChI=1S/C21H20N2O2/c24-21(25)20-14-18(20)10-7-15-5-8-16(9-6-15)17-3-1-4-19(13-17)23-12-2-11-22-23/h1-6,8-9,11-13,18,20H,7,10,14H2,(H,24,25). The molecule has 1 aromatic heterocycles. The summed E-state index contributed by atoms with van der Waals surface area (Å²) in [5.41, 5.74) is 4.64. The molecule has 1 fully saturated rings. The van der Waals surface area contributed by atoms with Gasteiger partial charge in [-0.25, -0.2) is 4.68 Å². The lowest BCUT2D eigenvalue weighted by atomic mass is 10.0. The van der Waals surface area contributed by atoms with Crippen molar-refractivity contribution >= 4 is 5.97 Å². The van der Waals surface area contributed by atoms with Crippen LogP contribution in [-0.2, 0) is 11.2 Å². The number of carbonyl (C=O) groups is 1. The Morgan fingerprint density at radius 1 is 1.12 bits per heavy atom. The van der Waals surface area contributed by atoms with Crippen molar-refractivity contribution in [2.45, 2.75) is 19.3 Å². The number of hydrogen-bond acceptors (Lipinski definition) is 2. The number of aromatic nitrogens is 2. The van der Waals surface area contributed by atoms with E-state index in [1.54, 1.807) is 6.20 Å². The average Bonchev–Trinajstić information content (AvgIpc) is 3.22. The molecule has 4 heteroatoms. The van der Waals surface area contributed by atoms with Gasteiger partial charge in [-0.3, -0.25) is 4.79 Å². The average molecular weight is 332 g/mol. The van der Waals surface area contributed by atoms with Crippen LogP contribution in [0.4, 0.5) is 0 Å². The Morgan fingerprint density at radius 3 is 2.64 bits per heavy atom. The molecule has 1 aliphatic rings. The second kappa shape index (κ2) is 6.55. The highest BCUT2D eigenvalue weighted by Gasteiger charge is 2.42. The fraction of sp³-hybridized carbons (Fsp3) is 0.238. The summed E-state index contributed by atoms with van der Waals surface area (Å²) in [6, 6.07) is 18.8. The number of carboxylic acids is 1. The lowest BCUT2D eigenvalue weighted by Gasteiger charge is -2.07. The first kappa shape index (κ1) is 15.6. The maximum absolute atomic E-state index is 10.9. The van der Waals surface area contributed by atoms with Crippen LogP contribution in [0.5, 0.6) is 0 Å². The van der Waals surface area contributed by atoms with Crippen molar-refractivity contribution in [1.82, 2.24) is 9.78 Å². The van der Waals surface area contributed by atoms with Gasteiger partial charge in [-0.05, 0) is 60.1 Å². The number of benzene rings is 2. The number of aryl methyl sites for hydroxylation is 1. The number of carboxylic acid groups (broad SMARTS) is 1. The third-order valence-electron chi connectivity index (χ3n) is 4.95. The molecule has 1 saturated carbocycles. The number of rotatable bonds is 6. The summed E-state index contributed by atoms with van der Waals surface area (Å²) in [5, 5.41) is 13.2. The van der Waals surface area contributed by atoms with E-state index in [0.29, 0.717) is 5.92 Å². The van der Waals surface area contributed by atoms with E-state index in [2.05, 4.69) is 41.5 Å². The summed E-state index contributed by atoms with van der Waals surface area (Å²) >= 11 is 0. The van der Waals surface area contributed by atoms with Crippen molar-refractivity contribution < 1.29 is 9.90 Å². The Kier molecular flexibility index (Phi) is 4.10. The van der Waals surface area contributed by atoms with Gasteiger partial charge in [0.25, 0.3) is 0 Å². The molecule has 1 N–H and O–H groups in total. The van der Waals surface area contributed by atoms with Gasteiger partial charge in [-0.1, -0.05) is 36.4 Å². The molecular weight excluding hydrogens is 312 g/mol. The first-order valence-corrected chi connectivity index (χ1v) is 8.63. The molecule has 0 radical (unpaired) electrons. The maximum atomic E-state index is 10.9. The summed E-state index contributed by atoms with van der Waals surface area (Å²) in [7, 11) is 0. The highest BCUT2D eigenvalue weighted by Crippen LogP contribution is 2.42. The summed E-state index contributed by atoms with van der Waals surface area (Å²) in [6.45, 7) is 0. The minimum atomic E-state index is -0.641. The zero-order valence-electron chi connectivity index (χ0n) is 13.9. The van der Waals surface area contributed by atoms with Crippen molar-refractivity contribution in [3.8, 4) is 16.8 Å². The van der Waals surface area contributed by atoms with Crippen molar-refractivity contribution in [3.05, 3.63) is 72.6 Å². The van der Waals surface area contributed by atoms with Gasteiger partial charge in [0, 0.05) is 12.4 Å². The highest BCUT2D eigenvalue weighted by molar-refractivity contribution is 5.73. The van der Waals surface area contributed by atoms with Gasteiger partial charge in [0.05, 0.1) is 11.6 Å². The van der Waals surface area contributed by atoms with E-state index in [4.69, 9.17) is 5.11 Å². The molecule has 0 bridgehead atoms. The zero-order valence-corrected chi connectivity index (χ0v) is 13.9. The predicted octanol–water partition coefficient (Wildman–Crippen LogP) is 4.19. The van der Waals surface area contributed by atoms with Crippen molar-refractivity contribution in [3.63, 3.8) is 0 Å². The monoisotopic (exact) mass is 332 g/mol. The Labute approximate surface area is 146 Å². The van der Waals surface area contributed by atoms with Gasteiger partial charge in [0.15, 0.2) is 0 Å². The highest BCUT2D eigenvalue weighted by atomic mass is 16.4. The van der Waals surface area contributed by atoms with Crippen LogP contribution in [0.2, 0.25) is 0 Å². The van der Waals surface area contributed by atoms with E-state index >= 15 is 0 Å². The molecule has 0 amide bonds. The number of aliphatic carboxylic acids is 1. The molecule has 2 unspecified atom stereocenters. The molecule has 4 nitrogen and oxygen atoms in total. The fourth-order valence-corrected chi connectivity index (χ4v) is 3.33. The first-order valence-electron chi connectivity index (χ1n) is 8.63. The molecule has 25 heavy (non-hydrogen) atoms. The maximum Gasteiger partial charge on any atom is 0.306 e. The second-order valence-electron chi connectivity index (χ2n) is 6.68. The van der Waals surface area contributed by atoms with Crippen LogP contribution in [0.3, 0.4) is 0 Å². The van der Waals surface area contributed by atoms with Crippen molar-refractivity contribution in [2.24, 2.45) is 11.8 Å². The normalized spacial score (nSPS) is 18.9. The van der Waals surface area contributed by atoms with E-state index in [1.165, 1.54) is 11.1 Å². The SMILES string of the molecule is O=C(O)C1CC1CCc1ccc(-c2cccc(-n3cccn3)c2)cc1. The van der Waals surface area contributed by atoms with Crippen molar-refractivity contribution in [1.29, 1.82) is 0 Å². The van der Waals surface area contributed by atoms with E-state index in [0.717, 1.165) is 30.5 Å². The molecule has 1 heterocycles. The van der Waals surface area contributed by atoms with E-state index in [9.17, 15) is 4.79 Å². The van der Waals surface area contributed by atoms with Gasteiger partial charge in [-0.15, -0.1) is 0 Å². The van der Waals surface area contributed by atoms with Gasteiger partial charge >= 0.3 is 5.97 Å². The molecule has 0 spiro atoms. The Balaban J connectivity index is 1.44. The molecule has 1 aliphatic carbocycles. The largest absolute Gasteiger partial charge is 0.481 e. The second-order valence-corrected chi connectivity index (χ2v) is 6.68. The summed E-state index contributed by atoms with van der Waals surface area (Å²) in [5.74, 6) is -0.385. The summed E-state index contributed by atoms with van der Waals surface area (Å²) in [4.78, 5) is 10.9. The molecule has 126 valence electrons. The van der Waals surface area contributed by atoms with Crippen LogP contribution in [0, 0.1) is 11.8 Å². The lowest BCUT2D eigenvalue weighted by molar-refractivity contribution is -0.138. The summed E-state index contributed by atoms with van der Waals surface area (Å²) in [6.07, 6.45) is 6.46. The zero-order chi connectivity index (χ0) is 17.2. The third-order valence-corrected chi connectivity index (χ3v) is 4.95. The fourth-order valence-electron chi connectivity index (χ4n) is 3.33. The van der Waals surface area contributed by atoms with Gasteiger partial charge in [-0.2, -0.15) is 5.10 Å². The van der Waals surface area contributed by atoms with Crippen LogP contribution >= 0.6 is 0 Å². The lowest BCUT2D eigenvalue weighted by Crippen LogP contribution is -2.00. The smallest absolute Gasteiger partial charge is 0.306 e. The molecule has 3 aromatic rings. The molecule has 4 rings (SSSR count). The van der Waals surface area contributed by atoms with E-state index in [1.807, 2.05) is 29.1 Å². The third kappa shape index (κ3) is 3.48. The predicted molar refractivity (Wildman–Crippen MR) is 96.6 cm³/mol. The van der Waals surface area contributed by atoms with Crippen molar-refractivity contribution in [2.75, 3.05) is 0 Å². The molecule has 2 aromatic carbocycles. The van der Waals surface area contributed by atoms with E-state index in [-0.39, 0.29) is 5.92 Å². The van der Waals surface area contributed by atoms with Gasteiger partial charge < -0.3 is 5.11 Å². The molecule has 0 saturated heterocycles. The topological polar surface area (TPSA) is 55.1 Å². The molecular formula is C21H20N2O2. The minimum absolute atomic E-state index is 0.107. The van der Waals surface area contributed by atoms with E-state index < -0.39 is 5.97 Å². The molecule has 2 atom stereocenters.